The Bertz CT molecular complexity index is 551. The third-order valence-corrected chi connectivity index (χ3v) is 4.71. The van der Waals surface area contributed by atoms with E-state index in [1.54, 1.807) is 0 Å². The Morgan fingerprint density at radius 2 is 1.95 bits per heavy atom. The van der Waals surface area contributed by atoms with Crippen LogP contribution < -0.4 is 5.32 Å². The fourth-order valence-electron chi connectivity index (χ4n) is 2.17. The molecule has 0 unspecified atom stereocenters. The minimum absolute atomic E-state index is 0.0436. The predicted octanol–water partition coefficient (Wildman–Crippen LogP) is 0.627. The van der Waals surface area contributed by atoms with Crippen molar-refractivity contribution in [1.29, 1.82) is 0 Å². The van der Waals surface area contributed by atoms with Crippen LogP contribution in [0.2, 0.25) is 0 Å². The van der Waals surface area contributed by atoms with Crippen LogP contribution in [0.5, 0.6) is 0 Å². The molecule has 0 saturated carbocycles. The number of hydrogen-bond donors (Lipinski definition) is 1. The van der Waals surface area contributed by atoms with Crippen LogP contribution in [-0.2, 0) is 21.2 Å². The SMILES string of the molecule is CS(=O)(=O)N1CC(C(=O)NCCCc2ccccc2)C1. The van der Waals surface area contributed by atoms with E-state index < -0.39 is 10.0 Å². The largest absolute Gasteiger partial charge is 0.356 e. The molecule has 0 radical (unpaired) electrons. The summed E-state index contributed by atoms with van der Waals surface area (Å²) in [6, 6.07) is 10.1. The molecule has 0 spiro atoms. The van der Waals surface area contributed by atoms with E-state index in [4.69, 9.17) is 0 Å². The van der Waals surface area contributed by atoms with Gasteiger partial charge in [0.1, 0.15) is 0 Å². The molecule has 6 heteroatoms. The number of nitrogens with one attached hydrogen (secondary N) is 1. The van der Waals surface area contributed by atoms with E-state index >= 15 is 0 Å². The molecule has 0 aromatic heterocycles. The first kappa shape index (κ1) is 15.0. The Morgan fingerprint density at radius 3 is 2.55 bits per heavy atom. The van der Waals surface area contributed by atoms with Gasteiger partial charge in [-0.2, -0.15) is 0 Å². The first-order valence-corrected chi connectivity index (χ1v) is 8.58. The number of amides is 1. The second kappa shape index (κ2) is 6.37. The molecule has 20 heavy (non-hydrogen) atoms. The number of aryl methyl sites for hydroxylation is 1. The minimum Gasteiger partial charge on any atom is -0.356 e. The maximum Gasteiger partial charge on any atom is 0.225 e. The lowest BCUT2D eigenvalue weighted by atomic mass is 10.0. The lowest BCUT2D eigenvalue weighted by Gasteiger charge is -2.35. The molecule has 1 N–H and O–H groups in total. The van der Waals surface area contributed by atoms with Gasteiger partial charge in [-0.25, -0.2) is 12.7 Å². The van der Waals surface area contributed by atoms with Gasteiger partial charge in [-0.1, -0.05) is 30.3 Å². The van der Waals surface area contributed by atoms with Crippen LogP contribution in [0.15, 0.2) is 30.3 Å². The molecular formula is C14H20N2O3S. The van der Waals surface area contributed by atoms with E-state index in [0.717, 1.165) is 12.8 Å². The first-order valence-electron chi connectivity index (χ1n) is 6.73. The predicted molar refractivity (Wildman–Crippen MR) is 77.7 cm³/mol. The molecule has 5 nitrogen and oxygen atoms in total. The van der Waals surface area contributed by atoms with E-state index in [2.05, 4.69) is 17.4 Å². The van der Waals surface area contributed by atoms with Gasteiger partial charge in [0.05, 0.1) is 12.2 Å². The monoisotopic (exact) mass is 296 g/mol. The molecule has 1 aliphatic rings. The van der Waals surface area contributed by atoms with Crippen molar-refractivity contribution in [2.24, 2.45) is 5.92 Å². The summed E-state index contributed by atoms with van der Waals surface area (Å²) < 4.78 is 23.7. The van der Waals surface area contributed by atoms with Gasteiger partial charge in [0.2, 0.25) is 15.9 Å². The van der Waals surface area contributed by atoms with Gasteiger partial charge in [-0.05, 0) is 18.4 Å². The molecule has 1 aliphatic heterocycles. The number of carbonyl (C=O) groups is 1. The molecule has 1 amide bonds. The number of sulfonamides is 1. The van der Waals surface area contributed by atoms with E-state index in [1.807, 2.05) is 18.2 Å². The second-order valence-electron chi connectivity index (χ2n) is 5.16. The smallest absolute Gasteiger partial charge is 0.225 e. The van der Waals surface area contributed by atoms with Crippen molar-refractivity contribution < 1.29 is 13.2 Å². The molecule has 0 aliphatic carbocycles. The molecule has 1 fully saturated rings. The van der Waals surface area contributed by atoms with E-state index in [1.165, 1.54) is 16.1 Å². The third kappa shape index (κ3) is 4.05. The van der Waals surface area contributed by atoms with Gasteiger partial charge in [0, 0.05) is 19.6 Å². The summed E-state index contributed by atoms with van der Waals surface area (Å²) in [6.45, 7) is 1.25. The van der Waals surface area contributed by atoms with Gasteiger partial charge in [0.25, 0.3) is 0 Å². The van der Waals surface area contributed by atoms with Crippen molar-refractivity contribution in [3.8, 4) is 0 Å². The summed E-state index contributed by atoms with van der Waals surface area (Å²) in [7, 11) is -3.14. The highest BCUT2D eigenvalue weighted by Crippen LogP contribution is 2.18. The molecular weight excluding hydrogens is 276 g/mol. The van der Waals surface area contributed by atoms with Crippen LogP contribution in [0.1, 0.15) is 12.0 Å². The highest BCUT2D eigenvalue weighted by Gasteiger charge is 2.37. The number of benzene rings is 1. The molecule has 1 aromatic rings. The lowest BCUT2D eigenvalue weighted by Crippen LogP contribution is -2.55. The van der Waals surface area contributed by atoms with Crippen molar-refractivity contribution in [3.63, 3.8) is 0 Å². The Kier molecular flexibility index (Phi) is 4.77. The summed E-state index contributed by atoms with van der Waals surface area (Å²) in [4.78, 5) is 11.8. The van der Waals surface area contributed by atoms with Gasteiger partial charge >= 0.3 is 0 Å². The molecule has 0 bridgehead atoms. The van der Waals surface area contributed by atoms with E-state index in [-0.39, 0.29) is 11.8 Å². The highest BCUT2D eigenvalue weighted by atomic mass is 32.2. The van der Waals surface area contributed by atoms with Crippen molar-refractivity contribution in [2.75, 3.05) is 25.9 Å². The first-order chi connectivity index (χ1) is 9.47. The molecule has 1 heterocycles. The second-order valence-corrected chi connectivity index (χ2v) is 7.14. The molecule has 110 valence electrons. The number of carbonyl (C=O) groups excluding carboxylic acids is 1. The van der Waals surface area contributed by atoms with E-state index in [0.29, 0.717) is 19.6 Å². The van der Waals surface area contributed by atoms with Gasteiger partial charge in [-0.3, -0.25) is 4.79 Å². The Morgan fingerprint density at radius 1 is 1.30 bits per heavy atom. The maximum atomic E-state index is 11.8. The molecule has 2 rings (SSSR count). The number of nitrogens with zero attached hydrogens (tertiary/aromatic N) is 1. The maximum absolute atomic E-state index is 11.8. The zero-order chi connectivity index (χ0) is 14.6. The highest BCUT2D eigenvalue weighted by molar-refractivity contribution is 7.88. The zero-order valence-electron chi connectivity index (χ0n) is 11.6. The Hall–Kier alpha value is -1.40. The summed E-state index contributed by atoms with van der Waals surface area (Å²) in [5.41, 5.74) is 1.26. The average Bonchev–Trinajstić information content (AvgIpc) is 2.32. The van der Waals surface area contributed by atoms with Crippen LogP contribution in [0.3, 0.4) is 0 Å². The van der Waals surface area contributed by atoms with Crippen molar-refractivity contribution >= 4 is 15.9 Å². The fourth-order valence-corrected chi connectivity index (χ4v) is 3.07. The minimum atomic E-state index is -3.14. The summed E-state index contributed by atoms with van der Waals surface area (Å²) in [5, 5.41) is 2.87. The van der Waals surface area contributed by atoms with Crippen LogP contribution in [-0.4, -0.2) is 44.5 Å². The van der Waals surface area contributed by atoms with Gasteiger partial charge < -0.3 is 5.32 Å². The van der Waals surface area contributed by atoms with E-state index in [9.17, 15) is 13.2 Å². The molecule has 0 atom stereocenters. The normalized spacial score (nSPS) is 16.6. The Balaban J connectivity index is 1.62. The van der Waals surface area contributed by atoms with Crippen molar-refractivity contribution in [1.82, 2.24) is 9.62 Å². The third-order valence-electron chi connectivity index (χ3n) is 3.47. The quantitative estimate of drug-likeness (QED) is 0.783. The van der Waals surface area contributed by atoms with Gasteiger partial charge in [0.15, 0.2) is 0 Å². The number of rotatable bonds is 6. The average molecular weight is 296 g/mol. The van der Waals surface area contributed by atoms with Gasteiger partial charge in [-0.15, -0.1) is 0 Å². The van der Waals surface area contributed by atoms with Crippen LogP contribution in [0, 0.1) is 5.92 Å². The van der Waals surface area contributed by atoms with Crippen LogP contribution in [0.25, 0.3) is 0 Å². The lowest BCUT2D eigenvalue weighted by molar-refractivity contribution is -0.128. The summed E-state index contributed by atoms with van der Waals surface area (Å²) in [6.07, 6.45) is 2.99. The zero-order valence-corrected chi connectivity index (χ0v) is 12.4. The number of hydrogen-bond acceptors (Lipinski definition) is 3. The van der Waals surface area contributed by atoms with Crippen molar-refractivity contribution in [3.05, 3.63) is 35.9 Å². The standard InChI is InChI=1S/C14H20N2O3S/c1-20(18,19)16-10-13(11-16)14(17)15-9-5-8-12-6-3-2-4-7-12/h2-4,6-7,13H,5,8-11H2,1H3,(H,15,17). The molecule has 1 saturated heterocycles. The molecule has 1 aromatic carbocycles. The topological polar surface area (TPSA) is 66.5 Å². The Labute approximate surface area is 120 Å². The van der Waals surface area contributed by atoms with Crippen LogP contribution in [0.4, 0.5) is 0 Å². The van der Waals surface area contributed by atoms with Crippen LogP contribution >= 0.6 is 0 Å². The fraction of sp³-hybridized carbons (Fsp3) is 0.500. The summed E-state index contributed by atoms with van der Waals surface area (Å²) in [5.74, 6) is -0.237. The van der Waals surface area contributed by atoms with Crippen molar-refractivity contribution in [2.45, 2.75) is 12.8 Å². The summed E-state index contributed by atoms with van der Waals surface area (Å²) >= 11 is 0.